The molecule has 0 bridgehead atoms. The molecule has 0 saturated heterocycles. The Labute approximate surface area is 117 Å². The van der Waals surface area contributed by atoms with Crippen molar-refractivity contribution in [2.45, 2.75) is 50.7 Å². The molecule has 0 atom stereocenters. The average Bonchev–Trinajstić information content (AvgIpc) is 3.36. The first-order valence-corrected chi connectivity index (χ1v) is 7.32. The van der Waals surface area contributed by atoms with Gasteiger partial charge in [-0.25, -0.2) is 4.98 Å². The van der Waals surface area contributed by atoms with Gasteiger partial charge >= 0.3 is 0 Å². The summed E-state index contributed by atoms with van der Waals surface area (Å²) in [6.07, 6.45) is 8.92. The quantitative estimate of drug-likeness (QED) is 0.806. The summed E-state index contributed by atoms with van der Waals surface area (Å²) in [5, 5.41) is 4.06. The van der Waals surface area contributed by atoms with Crippen LogP contribution in [0.5, 0.6) is 0 Å². The molecule has 20 heavy (non-hydrogen) atoms. The van der Waals surface area contributed by atoms with Crippen LogP contribution < -0.4 is 0 Å². The van der Waals surface area contributed by atoms with Crippen molar-refractivity contribution in [3.05, 3.63) is 29.9 Å². The number of hydrogen-bond acceptors (Lipinski definition) is 5. The summed E-state index contributed by atoms with van der Waals surface area (Å²) in [4.78, 5) is 11.1. The number of imidazole rings is 1. The van der Waals surface area contributed by atoms with E-state index < -0.39 is 0 Å². The van der Waals surface area contributed by atoms with Crippen LogP contribution in [0.1, 0.15) is 55.2 Å². The first kappa shape index (κ1) is 12.1. The zero-order valence-corrected chi connectivity index (χ0v) is 11.7. The second-order valence-corrected chi connectivity index (χ2v) is 5.98. The highest BCUT2D eigenvalue weighted by Gasteiger charge is 2.30. The molecular formula is C14H19N5O. The number of hydrogen-bond donors (Lipinski definition) is 0. The SMILES string of the molecule is CN(Cc1noc(C2CC2)n1)Cc1nccn1C1CC1. The third-order valence-corrected chi connectivity index (χ3v) is 3.92. The molecule has 0 spiro atoms. The Morgan fingerprint density at radius 3 is 2.90 bits per heavy atom. The Morgan fingerprint density at radius 1 is 1.30 bits per heavy atom. The molecule has 106 valence electrons. The molecule has 2 heterocycles. The molecule has 0 aromatic carbocycles. The fraction of sp³-hybridized carbons (Fsp3) is 0.643. The Hall–Kier alpha value is -1.69. The van der Waals surface area contributed by atoms with Crippen molar-refractivity contribution >= 4 is 0 Å². The molecule has 0 N–H and O–H groups in total. The van der Waals surface area contributed by atoms with Crippen molar-refractivity contribution in [1.82, 2.24) is 24.6 Å². The molecule has 0 amide bonds. The van der Waals surface area contributed by atoms with Gasteiger partial charge in [-0.15, -0.1) is 0 Å². The Bertz CT molecular complexity index is 596. The van der Waals surface area contributed by atoms with Crippen molar-refractivity contribution in [2.24, 2.45) is 0 Å². The number of aromatic nitrogens is 4. The number of rotatable bonds is 6. The summed E-state index contributed by atoms with van der Waals surface area (Å²) in [5.74, 6) is 3.24. The molecule has 6 heteroatoms. The van der Waals surface area contributed by atoms with Crippen LogP contribution in [0.15, 0.2) is 16.9 Å². The standard InChI is InChI=1S/C14H19N5O/c1-18(8-12-16-14(20-17-12)10-2-3-10)9-13-15-6-7-19(13)11-4-5-11/h6-7,10-11H,2-5,8-9H2,1H3. The molecule has 2 aliphatic rings. The Morgan fingerprint density at radius 2 is 2.15 bits per heavy atom. The molecule has 2 saturated carbocycles. The highest BCUT2D eigenvalue weighted by atomic mass is 16.5. The average molecular weight is 273 g/mol. The van der Waals surface area contributed by atoms with E-state index in [2.05, 4.69) is 37.8 Å². The van der Waals surface area contributed by atoms with Gasteiger partial charge in [0.15, 0.2) is 5.82 Å². The van der Waals surface area contributed by atoms with E-state index in [0.29, 0.717) is 18.5 Å². The molecule has 2 aromatic rings. The van der Waals surface area contributed by atoms with E-state index in [9.17, 15) is 0 Å². The highest BCUT2D eigenvalue weighted by molar-refractivity contribution is 5.02. The molecule has 4 rings (SSSR count). The zero-order chi connectivity index (χ0) is 13.5. The molecular weight excluding hydrogens is 254 g/mol. The van der Waals surface area contributed by atoms with Gasteiger partial charge in [-0.2, -0.15) is 4.98 Å². The lowest BCUT2D eigenvalue weighted by Gasteiger charge is -2.15. The van der Waals surface area contributed by atoms with Crippen LogP contribution in [-0.2, 0) is 13.1 Å². The predicted molar refractivity (Wildman–Crippen MR) is 71.9 cm³/mol. The minimum absolute atomic E-state index is 0.523. The minimum Gasteiger partial charge on any atom is -0.339 e. The smallest absolute Gasteiger partial charge is 0.229 e. The first-order valence-electron chi connectivity index (χ1n) is 7.32. The normalized spacial score (nSPS) is 18.9. The summed E-state index contributed by atoms with van der Waals surface area (Å²) >= 11 is 0. The van der Waals surface area contributed by atoms with E-state index in [-0.39, 0.29) is 0 Å². The van der Waals surface area contributed by atoms with E-state index in [1.54, 1.807) is 0 Å². The molecule has 0 unspecified atom stereocenters. The van der Waals surface area contributed by atoms with Crippen molar-refractivity contribution in [3.63, 3.8) is 0 Å². The summed E-state index contributed by atoms with van der Waals surface area (Å²) in [7, 11) is 2.07. The summed E-state index contributed by atoms with van der Waals surface area (Å²) in [5.41, 5.74) is 0. The van der Waals surface area contributed by atoms with E-state index in [1.165, 1.54) is 25.7 Å². The van der Waals surface area contributed by atoms with Gasteiger partial charge in [-0.3, -0.25) is 4.90 Å². The van der Waals surface area contributed by atoms with E-state index in [0.717, 1.165) is 24.1 Å². The molecule has 2 aliphatic carbocycles. The van der Waals surface area contributed by atoms with Crippen molar-refractivity contribution < 1.29 is 4.52 Å². The van der Waals surface area contributed by atoms with Gasteiger partial charge in [0.05, 0.1) is 13.1 Å². The van der Waals surface area contributed by atoms with Gasteiger partial charge in [0.25, 0.3) is 0 Å². The van der Waals surface area contributed by atoms with E-state index in [1.807, 2.05) is 6.20 Å². The van der Waals surface area contributed by atoms with Crippen LogP contribution >= 0.6 is 0 Å². The van der Waals surface area contributed by atoms with E-state index in [4.69, 9.17) is 4.52 Å². The maximum Gasteiger partial charge on any atom is 0.229 e. The van der Waals surface area contributed by atoms with Crippen LogP contribution in [0.3, 0.4) is 0 Å². The third-order valence-electron chi connectivity index (χ3n) is 3.92. The largest absolute Gasteiger partial charge is 0.339 e. The van der Waals surface area contributed by atoms with Crippen molar-refractivity contribution in [2.75, 3.05) is 7.05 Å². The molecule has 2 fully saturated rings. The van der Waals surface area contributed by atoms with Gasteiger partial charge in [-0.05, 0) is 32.7 Å². The van der Waals surface area contributed by atoms with Crippen LogP contribution in [-0.4, -0.2) is 31.6 Å². The maximum absolute atomic E-state index is 5.29. The molecule has 0 radical (unpaired) electrons. The molecule has 2 aromatic heterocycles. The summed E-state index contributed by atoms with van der Waals surface area (Å²) in [6, 6.07) is 0.674. The van der Waals surface area contributed by atoms with Crippen molar-refractivity contribution in [1.29, 1.82) is 0 Å². The Balaban J connectivity index is 1.39. The topological polar surface area (TPSA) is 60.0 Å². The lowest BCUT2D eigenvalue weighted by molar-refractivity contribution is 0.288. The Kier molecular flexibility index (Phi) is 2.84. The monoisotopic (exact) mass is 273 g/mol. The lowest BCUT2D eigenvalue weighted by atomic mass is 10.4. The van der Waals surface area contributed by atoms with Gasteiger partial charge in [0.2, 0.25) is 5.89 Å². The molecule has 6 nitrogen and oxygen atoms in total. The second kappa shape index (κ2) is 4.70. The van der Waals surface area contributed by atoms with Crippen LogP contribution in [0.4, 0.5) is 0 Å². The van der Waals surface area contributed by atoms with Crippen molar-refractivity contribution in [3.8, 4) is 0 Å². The van der Waals surface area contributed by atoms with Crippen LogP contribution in [0, 0.1) is 0 Å². The summed E-state index contributed by atoms with van der Waals surface area (Å²) < 4.78 is 7.58. The fourth-order valence-electron chi connectivity index (χ4n) is 2.52. The van der Waals surface area contributed by atoms with Crippen LogP contribution in [0.2, 0.25) is 0 Å². The third kappa shape index (κ3) is 2.47. The summed E-state index contributed by atoms with van der Waals surface area (Å²) in [6.45, 7) is 1.52. The fourth-order valence-corrected chi connectivity index (χ4v) is 2.52. The minimum atomic E-state index is 0.523. The molecule has 0 aliphatic heterocycles. The van der Waals surface area contributed by atoms with Gasteiger partial charge in [0, 0.05) is 24.4 Å². The lowest BCUT2D eigenvalue weighted by Crippen LogP contribution is -2.20. The van der Waals surface area contributed by atoms with E-state index >= 15 is 0 Å². The first-order chi connectivity index (χ1) is 9.79. The van der Waals surface area contributed by atoms with Gasteiger partial charge in [-0.1, -0.05) is 5.16 Å². The van der Waals surface area contributed by atoms with Crippen LogP contribution in [0.25, 0.3) is 0 Å². The van der Waals surface area contributed by atoms with Gasteiger partial charge < -0.3 is 9.09 Å². The zero-order valence-electron chi connectivity index (χ0n) is 11.7. The predicted octanol–water partition coefficient (Wildman–Crippen LogP) is 2.11. The maximum atomic E-state index is 5.29. The second-order valence-electron chi connectivity index (χ2n) is 5.98. The number of nitrogens with zero attached hydrogens (tertiary/aromatic N) is 5. The van der Waals surface area contributed by atoms with Gasteiger partial charge in [0.1, 0.15) is 5.82 Å². The highest BCUT2D eigenvalue weighted by Crippen LogP contribution is 2.39.